The number of para-hydroxylation sites is 1. The minimum absolute atomic E-state index is 0.0791. The summed E-state index contributed by atoms with van der Waals surface area (Å²) in [5.41, 5.74) is 4.23. The van der Waals surface area contributed by atoms with E-state index >= 15 is 0 Å². The Morgan fingerprint density at radius 1 is 1.11 bits per heavy atom. The van der Waals surface area contributed by atoms with Gasteiger partial charge in [0, 0.05) is 11.5 Å². The van der Waals surface area contributed by atoms with E-state index in [1.54, 1.807) is 14.2 Å². The molecule has 1 heterocycles. The van der Waals surface area contributed by atoms with Crippen molar-refractivity contribution >= 4 is 11.6 Å². The van der Waals surface area contributed by atoms with E-state index in [1.165, 1.54) is 0 Å². The summed E-state index contributed by atoms with van der Waals surface area (Å²) in [5.74, 6) is 1.84. The molecule has 2 N–H and O–H groups in total. The van der Waals surface area contributed by atoms with E-state index in [0.717, 1.165) is 46.8 Å². The first-order valence-corrected chi connectivity index (χ1v) is 9.34. The topological polar surface area (TPSA) is 76.2 Å². The van der Waals surface area contributed by atoms with Crippen LogP contribution in [0.2, 0.25) is 0 Å². The largest absolute Gasteiger partial charge is 0.497 e. The molecule has 1 aliphatic rings. The zero-order valence-electron chi connectivity index (χ0n) is 16.0. The van der Waals surface area contributed by atoms with Crippen LogP contribution in [0.25, 0.3) is 11.3 Å². The van der Waals surface area contributed by atoms with Gasteiger partial charge < -0.3 is 14.8 Å². The van der Waals surface area contributed by atoms with Gasteiger partial charge in [0.05, 0.1) is 32.0 Å². The number of nitrogens with zero attached hydrogens (tertiary/aromatic N) is 1. The van der Waals surface area contributed by atoms with Crippen molar-refractivity contribution in [2.24, 2.45) is 0 Å². The monoisotopic (exact) mass is 377 g/mol. The van der Waals surface area contributed by atoms with Crippen molar-refractivity contribution in [1.29, 1.82) is 0 Å². The lowest BCUT2D eigenvalue weighted by molar-refractivity contribution is -0.115. The van der Waals surface area contributed by atoms with Crippen molar-refractivity contribution < 1.29 is 14.3 Å². The molecule has 3 aromatic rings. The minimum Gasteiger partial charge on any atom is -0.497 e. The highest BCUT2D eigenvalue weighted by Gasteiger charge is 2.31. The fraction of sp³-hybridized carbons (Fsp3) is 0.273. The summed E-state index contributed by atoms with van der Waals surface area (Å²) >= 11 is 0. The molecular weight excluding hydrogens is 354 g/mol. The lowest BCUT2D eigenvalue weighted by atomic mass is 10.1. The molecule has 0 atom stereocenters. The molecule has 6 nitrogen and oxygen atoms in total. The van der Waals surface area contributed by atoms with E-state index in [4.69, 9.17) is 9.47 Å². The third-order valence-corrected chi connectivity index (χ3v) is 4.93. The predicted octanol–water partition coefficient (Wildman–Crippen LogP) is 4.15. The van der Waals surface area contributed by atoms with Crippen LogP contribution >= 0.6 is 0 Å². The maximum absolute atomic E-state index is 12.8. The van der Waals surface area contributed by atoms with Crippen LogP contribution in [0.1, 0.15) is 30.0 Å². The average Bonchev–Trinajstić information content (AvgIpc) is 3.49. The summed E-state index contributed by atoms with van der Waals surface area (Å²) < 4.78 is 10.7. The molecule has 0 aliphatic heterocycles. The molecule has 0 bridgehead atoms. The number of methoxy groups -OCH3 is 2. The zero-order chi connectivity index (χ0) is 19.5. The molecule has 1 amide bonds. The van der Waals surface area contributed by atoms with E-state index in [0.29, 0.717) is 11.6 Å². The molecule has 0 radical (unpaired) electrons. The Bertz CT molecular complexity index is 975. The molecule has 1 aliphatic carbocycles. The van der Waals surface area contributed by atoms with Crippen LogP contribution in [0.15, 0.2) is 48.5 Å². The predicted molar refractivity (Wildman–Crippen MR) is 108 cm³/mol. The fourth-order valence-electron chi connectivity index (χ4n) is 3.30. The Balaban J connectivity index is 1.60. The van der Waals surface area contributed by atoms with Crippen molar-refractivity contribution in [3.8, 4) is 22.8 Å². The molecule has 0 spiro atoms. The number of hydrogen-bond donors (Lipinski definition) is 2. The standard InChI is InChI=1S/C22H23N3O3/c1-27-16-11-7-14(8-12-16)13-19(26)23-22-20(15-9-10-15)24-25-21(22)17-5-3-4-6-18(17)28-2/h3-8,11-12,15H,9-10,13H2,1-2H3,(H,23,26)(H,24,25). The highest BCUT2D eigenvalue weighted by atomic mass is 16.5. The Morgan fingerprint density at radius 3 is 2.54 bits per heavy atom. The number of rotatable bonds is 7. The molecule has 4 rings (SSSR count). The second-order valence-corrected chi connectivity index (χ2v) is 6.91. The molecule has 0 unspecified atom stereocenters. The number of ether oxygens (including phenoxy) is 2. The number of carbonyl (C=O) groups is 1. The van der Waals surface area contributed by atoms with Gasteiger partial charge in [-0.25, -0.2) is 0 Å². The second-order valence-electron chi connectivity index (χ2n) is 6.91. The van der Waals surface area contributed by atoms with E-state index in [2.05, 4.69) is 15.5 Å². The maximum atomic E-state index is 12.8. The van der Waals surface area contributed by atoms with Gasteiger partial charge in [-0.05, 0) is 42.7 Å². The lowest BCUT2D eigenvalue weighted by Crippen LogP contribution is -2.15. The third kappa shape index (κ3) is 3.71. The van der Waals surface area contributed by atoms with Gasteiger partial charge in [-0.3, -0.25) is 9.89 Å². The van der Waals surface area contributed by atoms with Gasteiger partial charge in [0.25, 0.3) is 0 Å². The first-order valence-electron chi connectivity index (χ1n) is 9.34. The van der Waals surface area contributed by atoms with Crippen LogP contribution < -0.4 is 14.8 Å². The summed E-state index contributed by atoms with van der Waals surface area (Å²) in [4.78, 5) is 12.8. The Labute approximate surface area is 163 Å². The minimum atomic E-state index is -0.0791. The van der Waals surface area contributed by atoms with Gasteiger partial charge in [-0.15, -0.1) is 0 Å². The van der Waals surface area contributed by atoms with Gasteiger partial charge in [-0.1, -0.05) is 24.3 Å². The van der Waals surface area contributed by atoms with Gasteiger partial charge in [0.1, 0.15) is 17.2 Å². The number of hydrogen-bond acceptors (Lipinski definition) is 4. The van der Waals surface area contributed by atoms with Gasteiger partial charge in [0.2, 0.25) is 5.91 Å². The molecule has 1 saturated carbocycles. The molecule has 1 aromatic heterocycles. The van der Waals surface area contributed by atoms with E-state index in [1.807, 2.05) is 48.5 Å². The lowest BCUT2D eigenvalue weighted by Gasteiger charge is -2.11. The Morgan fingerprint density at radius 2 is 1.86 bits per heavy atom. The van der Waals surface area contributed by atoms with E-state index in [-0.39, 0.29) is 12.3 Å². The van der Waals surface area contributed by atoms with Crippen molar-refractivity contribution in [2.45, 2.75) is 25.2 Å². The molecule has 6 heteroatoms. The van der Waals surface area contributed by atoms with Crippen LogP contribution in [-0.2, 0) is 11.2 Å². The number of carbonyl (C=O) groups excluding carboxylic acids is 1. The average molecular weight is 377 g/mol. The van der Waals surface area contributed by atoms with Crippen LogP contribution in [0.5, 0.6) is 11.5 Å². The molecule has 1 fully saturated rings. The van der Waals surface area contributed by atoms with Crippen molar-refractivity contribution in [3.05, 3.63) is 59.8 Å². The maximum Gasteiger partial charge on any atom is 0.228 e. The van der Waals surface area contributed by atoms with Gasteiger partial charge in [-0.2, -0.15) is 5.10 Å². The van der Waals surface area contributed by atoms with E-state index < -0.39 is 0 Å². The van der Waals surface area contributed by atoms with Gasteiger partial charge in [0.15, 0.2) is 0 Å². The molecule has 0 saturated heterocycles. The number of nitrogens with one attached hydrogen (secondary N) is 2. The highest BCUT2D eigenvalue weighted by Crippen LogP contribution is 2.46. The fourth-order valence-corrected chi connectivity index (χ4v) is 3.30. The summed E-state index contributed by atoms with van der Waals surface area (Å²) in [6.45, 7) is 0. The van der Waals surface area contributed by atoms with Crippen LogP contribution in [-0.4, -0.2) is 30.3 Å². The molecule has 2 aromatic carbocycles. The number of aromatic nitrogens is 2. The van der Waals surface area contributed by atoms with Crippen molar-refractivity contribution in [1.82, 2.24) is 10.2 Å². The molecule has 28 heavy (non-hydrogen) atoms. The van der Waals surface area contributed by atoms with Crippen molar-refractivity contribution in [2.75, 3.05) is 19.5 Å². The van der Waals surface area contributed by atoms with Crippen molar-refractivity contribution in [3.63, 3.8) is 0 Å². The SMILES string of the molecule is COc1ccc(CC(=O)Nc2c(-c3ccccc3OC)n[nH]c2C2CC2)cc1. The molecular formula is C22H23N3O3. The normalized spacial score (nSPS) is 13.2. The van der Waals surface area contributed by atoms with E-state index in [9.17, 15) is 4.79 Å². The number of benzene rings is 2. The summed E-state index contributed by atoms with van der Waals surface area (Å²) in [6.07, 6.45) is 2.49. The zero-order valence-corrected chi connectivity index (χ0v) is 16.0. The summed E-state index contributed by atoms with van der Waals surface area (Å²) in [6, 6.07) is 15.2. The number of amides is 1. The van der Waals surface area contributed by atoms with Crippen LogP contribution in [0.4, 0.5) is 5.69 Å². The first kappa shape index (κ1) is 18.1. The quantitative estimate of drug-likeness (QED) is 0.648. The second kappa shape index (κ2) is 7.76. The number of anilines is 1. The smallest absolute Gasteiger partial charge is 0.228 e. The summed E-state index contributed by atoms with van der Waals surface area (Å²) in [5, 5.41) is 10.7. The Hall–Kier alpha value is -3.28. The molecule has 144 valence electrons. The third-order valence-electron chi connectivity index (χ3n) is 4.93. The Kier molecular flexibility index (Phi) is 5.02. The number of H-pyrrole nitrogens is 1. The number of aromatic amines is 1. The highest BCUT2D eigenvalue weighted by molar-refractivity contribution is 5.97. The van der Waals surface area contributed by atoms with Crippen LogP contribution in [0.3, 0.4) is 0 Å². The summed E-state index contributed by atoms with van der Waals surface area (Å²) in [7, 11) is 3.26. The van der Waals surface area contributed by atoms with Crippen LogP contribution in [0, 0.1) is 0 Å². The van der Waals surface area contributed by atoms with Gasteiger partial charge >= 0.3 is 0 Å². The first-order chi connectivity index (χ1) is 13.7.